The van der Waals surface area contributed by atoms with E-state index in [9.17, 15) is 0 Å². The van der Waals surface area contributed by atoms with Gasteiger partial charge in [-0.15, -0.1) is 0 Å². The third-order valence-corrected chi connectivity index (χ3v) is 4.44. The molecule has 1 saturated heterocycles. The number of nitrogens with two attached hydrogens (primary N) is 1. The molecule has 0 bridgehead atoms. The summed E-state index contributed by atoms with van der Waals surface area (Å²) < 4.78 is 5.53. The highest BCUT2D eigenvalue weighted by molar-refractivity contribution is 4.87. The Balaban J connectivity index is 2.74. The molecule has 2 N–H and O–H groups in total. The predicted octanol–water partition coefficient (Wildman–Crippen LogP) is 2.35. The van der Waals surface area contributed by atoms with Crippen molar-refractivity contribution in [2.75, 3.05) is 26.7 Å². The number of hydrogen-bond acceptors (Lipinski definition) is 3. The summed E-state index contributed by atoms with van der Waals surface area (Å²) >= 11 is 0. The SMILES string of the molecule is COC1CCCN(C(CN)C(C(C)C)C(C)C)C1. The van der Waals surface area contributed by atoms with Crippen LogP contribution >= 0.6 is 0 Å². The monoisotopic (exact) mass is 256 g/mol. The molecule has 0 aromatic heterocycles. The van der Waals surface area contributed by atoms with E-state index in [0.29, 0.717) is 29.9 Å². The molecule has 108 valence electrons. The molecule has 0 spiro atoms. The first kappa shape index (κ1) is 15.9. The van der Waals surface area contributed by atoms with Crippen LogP contribution in [0.15, 0.2) is 0 Å². The fourth-order valence-corrected chi connectivity index (χ4v) is 3.67. The number of likely N-dealkylation sites (tertiary alicyclic amines) is 1. The number of methoxy groups -OCH3 is 1. The predicted molar refractivity (Wildman–Crippen MR) is 77.6 cm³/mol. The average Bonchev–Trinajstić information content (AvgIpc) is 2.34. The van der Waals surface area contributed by atoms with Gasteiger partial charge in [-0.1, -0.05) is 27.7 Å². The number of piperidine rings is 1. The lowest BCUT2D eigenvalue weighted by Gasteiger charge is -2.43. The Hall–Kier alpha value is -0.120. The minimum Gasteiger partial charge on any atom is -0.380 e. The van der Waals surface area contributed by atoms with E-state index in [0.717, 1.165) is 13.1 Å². The molecule has 1 aliphatic rings. The van der Waals surface area contributed by atoms with E-state index in [1.165, 1.54) is 19.4 Å². The summed E-state index contributed by atoms with van der Waals surface area (Å²) in [6.07, 6.45) is 2.82. The number of nitrogens with zero attached hydrogens (tertiary/aromatic N) is 1. The standard InChI is InChI=1S/C15H32N2O/c1-11(2)15(12(3)4)14(9-16)17-8-6-7-13(10-17)18-5/h11-15H,6-10,16H2,1-5H3. The van der Waals surface area contributed by atoms with Gasteiger partial charge in [0.2, 0.25) is 0 Å². The van der Waals surface area contributed by atoms with Crippen molar-refractivity contribution in [3.63, 3.8) is 0 Å². The molecule has 1 rings (SSSR count). The van der Waals surface area contributed by atoms with E-state index in [2.05, 4.69) is 32.6 Å². The van der Waals surface area contributed by atoms with Crippen LogP contribution < -0.4 is 5.73 Å². The lowest BCUT2D eigenvalue weighted by molar-refractivity contribution is -0.00742. The Morgan fingerprint density at radius 1 is 1.22 bits per heavy atom. The molecular formula is C15H32N2O. The minimum absolute atomic E-state index is 0.396. The summed E-state index contributed by atoms with van der Waals surface area (Å²) in [5, 5.41) is 0. The Morgan fingerprint density at radius 2 is 1.83 bits per heavy atom. The minimum atomic E-state index is 0.396. The van der Waals surface area contributed by atoms with Gasteiger partial charge in [0.15, 0.2) is 0 Å². The van der Waals surface area contributed by atoms with Gasteiger partial charge in [-0.05, 0) is 37.1 Å². The molecule has 2 unspecified atom stereocenters. The lowest BCUT2D eigenvalue weighted by atomic mass is 9.78. The zero-order chi connectivity index (χ0) is 13.7. The van der Waals surface area contributed by atoms with Crippen molar-refractivity contribution in [2.24, 2.45) is 23.5 Å². The van der Waals surface area contributed by atoms with Gasteiger partial charge in [-0.25, -0.2) is 0 Å². The second-order valence-corrected chi connectivity index (χ2v) is 6.36. The maximum atomic E-state index is 6.08. The largest absolute Gasteiger partial charge is 0.380 e. The molecular weight excluding hydrogens is 224 g/mol. The summed E-state index contributed by atoms with van der Waals surface area (Å²) in [4.78, 5) is 2.57. The maximum Gasteiger partial charge on any atom is 0.0698 e. The van der Waals surface area contributed by atoms with Crippen LogP contribution in [0.25, 0.3) is 0 Å². The average molecular weight is 256 g/mol. The Kier molecular flexibility index (Phi) is 6.61. The van der Waals surface area contributed by atoms with Crippen LogP contribution in [0, 0.1) is 17.8 Å². The molecule has 3 nitrogen and oxygen atoms in total. The van der Waals surface area contributed by atoms with Crippen LogP contribution in [0.1, 0.15) is 40.5 Å². The zero-order valence-electron chi connectivity index (χ0n) is 12.9. The van der Waals surface area contributed by atoms with Crippen LogP contribution in [0.4, 0.5) is 0 Å². The van der Waals surface area contributed by atoms with Gasteiger partial charge >= 0.3 is 0 Å². The molecule has 0 saturated carbocycles. The normalized spacial score (nSPS) is 24.2. The second kappa shape index (κ2) is 7.46. The maximum absolute atomic E-state index is 6.08. The Morgan fingerprint density at radius 3 is 2.28 bits per heavy atom. The summed E-state index contributed by atoms with van der Waals surface area (Å²) in [5.41, 5.74) is 6.08. The smallest absolute Gasteiger partial charge is 0.0698 e. The van der Waals surface area contributed by atoms with Gasteiger partial charge in [-0.2, -0.15) is 0 Å². The molecule has 1 fully saturated rings. The van der Waals surface area contributed by atoms with Crippen molar-refractivity contribution in [2.45, 2.75) is 52.7 Å². The molecule has 0 aliphatic carbocycles. The molecule has 0 radical (unpaired) electrons. The second-order valence-electron chi connectivity index (χ2n) is 6.36. The topological polar surface area (TPSA) is 38.5 Å². The molecule has 2 atom stereocenters. The van der Waals surface area contributed by atoms with E-state index in [4.69, 9.17) is 10.5 Å². The quantitative estimate of drug-likeness (QED) is 0.793. The molecule has 0 amide bonds. The van der Waals surface area contributed by atoms with Crippen LogP contribution in [-0.2, 0) is 4.74 Å². The van der Waals surface area contributed by atoms with Crippen LogP contribution in [0.2, 0.25) is 0 Å². The Bertz CT molecular complexity index is 223. The van der Waals surface area contributed by atoms with Crippen molar-refractivity contribution in [3.8, 4) is 0 Å². The fraction of sp³-hybridized carbons (Fsp3) is 1.00. The fourth-order valence-electron chi connectivity index (χ4n) is 3.67. The van der Waals surface area contributed by atoms with Gasteiger partial charge in [0, 0.05) is 26.2 Å². The number of hydrogen-bond donors (Lipinski definition) is 1. The van der Waals surface area contributed by atoms with E-state index in [-0.39, 0.29) is 0 Å². The van der Waals surface area contributed by atoms with E-state index in [1.807, 2.05) is 7.11 Å². The Labute approximate surface area is 113 Å². The van der Waals surface area contributed by atoms with Crippen molar-refractivity contribution >= 4 is 0 Å². The third kappa shape index (κ3) is 3.94. The first-order valence-corrected chi connectivity index (χ1v) is 7.48. The molecule has 18 heavy (non-hydrogen) atoms. The molecule has 0 aromatic rings. The van der Waals surface area contributed by atoms with Crippen molar-refractivity contribution < 1.29 is 4.74 Å². The van der Waals surface area contributed by atoms with Gasteiger partial charge in [-0.3, -0.25) is 4.90 Å². The van der Waals surface area contributed by atoms with Gasteiger partial charge in [0.1, 0.15) is 0 Å². The zero-order valence-corrected chi connectivity index (χ0v) is 12.9. The summed E-state index contributed by atoms with van der Waals surface area (Å²) in [6.45, 7) is 12.3. The van der Waals surface area contributed by atoms with Crippen LogP contribution in [0.5, 0.6) is 0 Å². The van der Waals surface area contributed by atoms with Gasteiger partial charge in [0.05, 0.1) is 6.10 Å². The highest BCUT2D eigenvalue weighted by Crippen LogP contribution is 2.29. The number of rotatable bonds is 6. The first-order valence-electron chi connectivity index (χ1n) is 7.48. The van der Waals surface area contributed by atoms with Crippen molar-refractivity contribution in [1.29, 1.82) is 0 Å². The molecule has 3 heteroatoms. The summed E-state index contributed by atoms with van der Waals surface area (Å²) in [7, 11) is 1.83. The van der Waals surface area contributed by atoms with Gasteiger partial charge in [0.25, 0.3) is 0 Å². The van der Waals surface area contributed by atoms with E-state index in [1.54, 1.807) is 0 Å². The van der Waals surface area contributed by atoms with E-state index >= 15 is 0 Å². The van der Waals surface area contributed by atoms with Crippen LogP contribution in [-0.4, -0.2) is 43.8 Å². The molecule has 0 aromatic carbocycles. The van der Waals surface area contributed by atoms with Gasteiger partial charge < -0.3 is 10.5 Å². The first-order chi connectivity index (χ1) is 8.51. The van der Waals surface area contributed by atoms with E-state index < -0.39 is 0 Å². The molecule has 1 heterocycles. The van der Waals surface area contributed by atoms with Crippen LogP contribution in [0.3, 0.4) is 0 Å². The molecule has 1 aliphatic heterocycles. The number of ether oxygens (including phenoxy) is 1. The summed E-state index contributed by atoms with van der Waals surface area (Å²) in [6, 6.07) is 0.503. The van der Waals surface area contributed by atoms with Crippen molar-refractivity contribution in [1.82, 2.24) is 4.90 Å². The third-order valence-electron chi connectivity index (χ3n) is 4.44. The lowest BCUT2D eigenvalue weighted by Crippen LogP contribution is -2.53. The van der Waals surface area contributed by atoms with Crippen molar-refractivity contribution in [3.05, 3.63) is 0 Å². The highest BCUT2D eigenvalue weighted by atomic mass is 16.5. The highest BCUT2D eigenvalue weighted by Gasteiger charge is 2.33. The summed E-state index contributed by atoms with van der Waals surface area (Å²) in [5.74, 6) is 2.04.